The Morgan fingerprint density at radius 3 is 1.95 bits per heavy atom. The summed E-state index contributed by atoms with van der Waals surface area (Å²) < 4.78 is 10.5. The lowest BCUT2D eigenvalue weighted by atomic mass is 10.1. The number of rotatable bonds is 10. The van der Waals surface area contributed by atoms with E-state index in [1.807, 2.05) is 31.1 Å². The maximum Gasteiger partial charge on any atom is 0.412 e. The van der Waals surface area contributed by atoms with Crippen LogP contribution >= 0.6 is 0 Å². The van der Waals surface area contributed by atoms with E-state index < -0.39 is 11.7 Å². The van der Waals surface area contributed by atoms with Gasteiger partial charge in [0, 0.05) is 30.9 Å². The molecule has 218 valence electrons. The van der Waals surface area contributed by atoms with Crippen LogP contribution in [0.4, 0.5) is 26.7 Å². The number of carbonyl (C=O) groups excluding carboxylic acids is 3. The summed E-state index contributed by atoms with van der Waals surface area (Å²) in [6.07, 6.45) is -0.613. The number of nitrogens with one attached hydrogen (secondary N) is 3. The number of hydrogen-bond acceptors (Lipinski definition) is 6. The van der Waals surface area contributed by atoms with Gasteiger partial charge >= 0.3 is 12.1 Å². The van der Waals surface area contributed by atoms with Gasteiger partial charge in [-0.15, -0.1) is 0 Å². The van der Waals surface area contributed by atoms with Gasteiger partial charge in [-0.2, -0.15) is 0 Å². The van der Waals surface area contributed by atoms with E-state index in [0.29, 0.717) is 48.0 Å². The fourth-order valence-electron chi connectivity index (χ4n) is 3.74. The van der Waals surface area contributed by atoms with Crippen molar-refractivity contribution in [2.75, 3.05) is 50.2 Å². The summed E-state index contributed by atoms with van der Waals surface area (Å²) in [5.41, 5.74) is 2.19. The maximum atomic E-state index is 13.1. The summed E-state index contributed by atoms with van der Waals surface area (Å²) in [7, 11) is 5.50. The molecule has 0 atom stereocenters. The molecule has 3 aromatic rings. The third kappa shape index (κ3) is 10.2. The van der Waals surface area contributed by atoms with E-state index in [1.54, 1.807) is 93.4 Å². The molecule has 0 spiro atoms. The molecular weight excluding hydrogens is 522 g/mol. The van der Waals surface area contributed by atoms with Crippen molar-refractivity contribution in [3.8, 4) is 5.75 Å². The highest BCUT2D eigenvalue weighted by Crippen LogP contribution is 2.23. The lowest BCUT2D eigenvalue weighted by Gasteiger charge is -2.25. The second-order valence-electron chi connectivity index (χ2n) is 10.7. The van der Waals surface area contributed by atoms with Crippen molar-refractivity contribution in [1.82, 2.24) is 9.80 Å². The number of benzene rings is 3. The lowest BCUT2D eigenvalue weighted by Crippen LogP contribution is -2.39. The van der Waals surface area contributed by atoms with Gasteiger partial charge in [0.1, 0.15) is 11.4 Å². The molecule has 0 aliphatic carbocycles. The smallest absolute Gasteiger partial charge is 0.412 e. The molecule has 0 aliphatic rings. The number of ether oxygens (including phenoxy) is 2. The number of hydrogen-bond donors (Lipinski definition) is 3. The molecular formula is C31H39N5O5. The molecule has 10 nitrogen and oxygen atoms in total. The van der Waals surface area contributed by atoms with E-state index in [9.17, 15) is 14.4 Å². The molecule has 0 fully saturated rings. The molecule has 3 aromatic carbocycles. The summed E-state index contributed by atoms with van der Waals surface area (Å²) in [6.45, 7) is 6.89. The van der Waals surface area contributed by atoms with Gasteiger partial charge in [-0.1, -0.05) is 24.3 Å². The number of likely N-dealkylation sites (N-methyl/N-ethyl adjacent to an activating group) is 1. The molecule has 3 rings (SSSR count). The van der Waals surface area contributed by atoms with Crippen LogP contribution in [-0.4, -0.2) is 67.7 Å². The van der Waals surface area contributed by atoms with Crippen LogP contribution in [0.25, 0.3) is 0 Å². The van der Waals surface area contributed by atoms with Crippen molar-refractivity contribution < 1.29 is 23.9 Å². The maximum absolute atomic E-state index is 13.1. The van der Waals surface area contributed by atoms with E-state index in [2.05, 4.69) is 16.0 Å². The molecule has 41 heavy (non-hydrogen) atoms. The average Bonchev–Trinajstić information content (AvgIpc) is 2.91. The summed E-state index contributed by atoms with van der Waals surface area (Å²) in [5, 5.41) is 8.46. The Balaban J connectivity index is 1.67. The molecule has 0 radical (unpaired) electrons. The molecule has 0 aliphatic heterocycles. The van der Waals surface area contributed by atoms with Crippen LogP contribution in [0, 0.1) is 0 Å². The quantitative estimate of drug-likeness (QED) is 0.285. The minimum atomic E-state index is -0.650. The number of anilines is 3. The van der Waals surface area contributed by atoms with Gasteiger partial charge in [0.2, 0.25) is 0 Å². The van der Waals surface area contributed by atoms with Crippen LogP contribution in [0.3, 0.4) is 0 Å². The molecule has 10 heteroatoms. The number of amides is 4. The summed E-state index contributed by atoms with van der Waals surface area (Å²) in [5.74, 6) is 0.371. The van der Waals surface area contributed by atoms with Crippen LogP contribution in [0.1, 0.15) is 36.7 Å². The van der Waals surface area contributed by atoms with Crippen LogP contribution in [0.5, 0.6) is 5.75 Å². The van der Waals surface area contributed by atoms with Gasteiger partial charge in [0.25, 0.3) is 5.91 Å². The van der Waals surface area contributed by atoms with Crippen molar-refractivity contribution in [3.05, 3.63) is 83.9 Å². The average molecular weight is 562 g/mol. The van der Waals surface area contributed by atoms with Gasteiger partial charge in [-0.05, 0) is 89.0 Å². The minimum Gasteiger partial charge on any atom is -0.497 e. The lowest BCUT2D eigenvalue weighted by molar-refractivity contribution is 0.0635. The predicted octanol–water partition coefficient (Wildman–Crippen LogP) is 5.89. The van der Waals surface area contributed by atoms with Crippen molar-refractivity contribution in [3.63, 3.8) is 0 Å². The van der Waals surface area contributed by atoms with E-state index >= 15 is 0 Å². The zero-order valence-corrected chi connectivity index (χ0v) is 24.5. The number of nitrogens with zero attached hydrogens (tertiary/aromatic N) is 2. The summed E-state index contributed by atoms with van der Waals surface area (Å²) in [4.78, 5) is 42.1. The molecule has 0 heterocycles. The van der Waals surface area contributed by atoms with Crippen LogP contribution in [0.15, 0.2) is 72.8 Å². The first-order valence-corrected chi connectivity index (χ1v) is 13.3. The zero-order valence-electron chi connectivity index (χ0n) is 24.5. The van der Waals surface area contributed by atoms with Crippen molar-refractivity contribution in [1.29, 1.82) is 0 Å². The van der Waals surface area contributed by atoms with Gasteiger partial charge in [-0.3, -0.25) is 10.1 Å². The number of carbonyl (C=O) groups is 3. The Bertz CT molecular complexity index is 1320. The summed E-state index contributed by atoms with van der Waals surface area (Å²) >= 11 is 0. The van der Waals surface area contributed by atoms with Crippen LogP contribution in [0.2, 0.25) is 0 Å². The van der Waals surface area contributed by atoms with E-state index in [0.717, 1.165) is 5.56 Å². The fraction of sp³-hybridized carbons (Fsp3) is 0.323. The van der Waals surface area contributed by atoms with Crippen LogP contribution in [-0.2, 0) is 11.3 Å². The van der Waals surface area contributed by atoms with E-state index in [4.69, 9.17) is 9.47 Å². The van der Waals surface area contributed by atoms with Crippen molar-refractivity contribution in [2.45, 2.75) is 32.9 Å². The monoisotopic (exact) mass is 561 g/mol. The van der Waals surface area contributed by atoms with Crippen molar-refractivity contribution >= 4 is 35.1 Å². The summed E-state index contributed by atoms with van der Waals surface area (Å²) in [6, 6.07) is 20.9. The zero-order chi connectivity index (χ0) is 30.0. The first kappa shape index (κ1) is 31.0. The normalized spacial score (nSPS) is 11.0. The third-order valence-electron chi connectivity index (χ3n) is 5.85. The highest BCUT2D eigenvalue weighted by molar-refractivity contribution is 6.06. The van der Waals surface area contributed by atoms with Gasteiger partial charge in [0.05, 0.1) is 18.5 Å². The molecule has 3 N–H and O–H groups in total. The second kappa shape index (κ2) is 14.2. The second-order valence-corrected chi connectivity index (χ2v) is 10.7. The topological polar surface area (TPSA) is 112 Å². The Kier molecular flexibility index (Phi) is 10.7. The third-order valence-corrected chi connectivity index (χ3v) is 5.85. The Hall–Kier alpha value is -4.57. The van der Waals surface area contributed by atoms with Crippen molar-refractivity contribution in [2.24, 2.45) is 0 Å². The minimum absolute atomic E-state index is 0.229. The molecule has 4 amide bonds. The number of methoxy groups -OCH3 is 1. The van der Waals surface area contributed by atoms with E-state index in [-0.39, 0.29) is 11.9 Å². The fourth-order valence-corrected chi connectivity index (χ4v) is 3.74. The number of urea groups is 1. The van der Waals surface area contributed by atoms with Gasteiger partial charge in [0.15, 0.2) is 0 Å². The standard InChI is InChI=1S/C31H39N5O5/c1-31(2,3)41-30(39)34-27-10-8-7-9-26(27)33-28(37)23-13-11-22(12-14-23)21-36(20-19-35(4)5)29(38)32-24-15-17-25(40-6)18-16-24/h7-18H,19-21H2,1-6H3,(H,32,38)(H,33,37)(H,34,39). The Morgan fingerprint density at radius 1 is 0.780 bits per heavy atom. The highest BCUT2D eigenvalue weighted by atomic mass is 16.6. The largest absolute Gasteiger partial charge is 0.497 e. The highest BCUT2D eigenvalue weighted by Gasteiger charge is 2.19. The van der Waals surface area contributed by atoms with Gasteiger partial charge < -0.3 is 29.9 Å². The van der Waals surface area contributed by atoms with Crippen LogP contribution < -0.4 is 20.7 Å². The molecule has 0 bridgehead atoms. The molecule has 0 unspecified atom stereocenters. The number of para-hydroxylation sites is 2. The van der Waals surface area contributed by atoms with Gasteiger partial charge in [-0.25, -0.2) is 9.59 Å². The predicted molar refractivity (Wildman–Crippen MR) is 162 cm³/mol. The van der Waals surface area contributed by atoms with E-state index in [1.165, 1.54) is 0 Å². The molecule has 0 saturated carbocycles. The Morgan fingerprint density at radius 2 is 1.39 bits per heavy atom. The first-order chi connectivity index (χ1) is 19.4. The SMILES string of the molecule is COc1ccc(NC(=O)N(CCN(C)C)Cc2ccc(C(=O)Nc3ccccc3NC(=O)OC(C)(C)C)cc2)cc1. The Labute approximate surface area is 241 Å². The molecule has 0 aromatic heterocycles. The first-order valence-electron chi connectivity index (χ1n) is 13.3. The molecule has 0 saturated heterocycles.